The molecule has 0 saturated carbocycles. The summed E-state index contributed by atoms with van der Waals surface area (Å²) >= 11 is 14.5. The van der Waals surface area contributed by atoms with Crippen LogP contribution in [0.1, 0.15) is 5.56 Å². The molecule has 23 heavy (non-hydrogen) atoms. The number of rotatable bonds is 4. The summed E-state index contributed by atoms with van der Waals surface area (Å²) in [6.07, 6.45) is 0. The molecule has 0 atom stereocenters. The molecule has 0 unspecified atom stereocenters. The number of benzene rings is 2. The monoisotopic (exact) mass is 412 g/mol. The smallest absolute Gasteiger partial charge is 0.264 e. The van der Waals surface area contributed by atoms with Crippen molar-refractivity contribution < 1.29 is 9.53 Å². The van der Waals surface area contributed by atoms with Crippen molar-refractivity contribution >= 4 is 56.5 Å². The third kappa shape index (κ3) is 5.49. The van der Waals surface area contributed by atoms with Crippen LogP contribution in [0.2, 0.25) is 5.02 Å². The first-order valence-electron chi connectivity index (χ1n) is 6.70. The fourth-order valence-electron chi connectivity index (χ4n) is 1.74. The van der Waals surface area contributed by atoms with Crippen molar-refractivity contribution in [3.8, 4) is 5.75 Å². The molecule has 2 aromatic rings. The molecule has 1 amide bonds. The van der Waals surface area contributed by atoms with Gasteiger partial charge in [-0.2, -0.15) is 0 Å². The van der Waals surface area contributed by atoms with Gasteiger partial charge in [0.2, 0.25) is 0 Å². The molecule has 2 rings (SSSR count). The topological polar surface area (TPSA) is 50.4 Å². The summed E-state index contributed by atoms with van der Waals surface area (Å²) in [5.41, 5.74) is 1.61. The van der Waals surface area contributed by atoms with E-state index in [2.05, 4.69) is 26.6 Å². The van der Waals surface area contributed by atoms with E-state index in [1.165, 1.54) is 0 Å². The standard InChI is InChI=1S/C16H14BrClN2O2S/c1-10-13(18)3-2-4-14(10)19-16(23)20-15(21)9-22-12-7-5-11(17)6-8-12/h2-8H,9H2,1H3,(H2,19,20,21,23). The van der Waals surface area contributed by atoms with E-state index < -0.39 is 0 Å². The second kappa shape index (κ2) is 8.29. The van der Waals surface area contributed by atoms with Crippen molar-refractivity contribution in [1.29, 1.82) is 0 Å². The Morgan fingerprint density at radius 1 is 1.26 bits per heavy atom. The minimum atomic E-state index is -0.343. The van der Waals surface area contributed by atoms with Crippen LogP contribution >= 0.6 is 39.7 Å². The van der Waals surface area contributed by atoms with E-state index in [0.29, 0.717) is 10.8 Å². The molecule has 0 radical (unpaired) electrons. The first-order valence-corrected chi connectivity index (χ1v) is 8.28. The Kier molecular flexibility index (Phi) is 6.38. The van der Waals surface area contributed by atoms with E-state index in [-0.39, 0.29) is 17.6 Å². The summed E-state index contributed by atoms with van der Waals surface area (Å²) in [6.45, 7) is 1.74. The van der Waals surface area contributed by atoms with Gasteiger partial charge >= 0.3 is 0 Å². The van der Waals surface area contributed by atoms with Gasteiger partial charge < -0.3 is 10.1 Å². The second-order valence-corrected chi connectivity index (χ2v) is 6.39. The van der Waals surface area contributed by atoms with Crippen LogP contribution in [0.3, 0.4) is 0 Å². The number of ether oxygens (including phenoxy) is 1. The predicted molar refractivity (Wildman–Crippen MR) is 100 cm³/mol. The third-order valence-corrected chi connectivity index (χ3v) is 4.09. The molecule has 0 aliphatic rings. The Hall–Kier alpha value is -1.63. The van der Waals surface area contributed by atoms with Crippen LogP contribution < -0.4 is 15.4 Å². The van der Waals surface area contributed by atoms with E-state index in [0.717, 1.165) is 15.7 Å². The van der Waals surface area contributed by atoms with Crippen LogP contribution in [0.25, 0.3) is 0 Å². The molecule has 120 valence electrons. The molecule has 0 heterocycles. The quantitative estimate of drug-likeness (QED) is 0.734. The van der Waals surface area contributed by atoms with Gasteiger partial charge in [-0.05, 0) is 61.1 Å². The lowest BCUT2D eigenvalue weighted by Crippen LogP contribution is -2.37. The zero-order chi connectivity index (χ0) is 16.8. The number of halogens is 2. The number of hydrogen-bond donors (Lipinski definition) is 2. The molecule has 0 spiro atoms. The molecular formula is C16H14BrClN2O2S. The van der Waals surface area contributed by atoms with Gasteiger partial charge in [0.25, 0.3) is 5.91 Å². The minimum Gasteiger partial charge on any atom is -0.484 e. The summed E-state index contributed by atoms with van der Waals surface area (Å²) < 4.78 is 6.32. The predicted octanol–water partition coefficient (Wildman–Crippen LogP) is 4.30. The lowest BCUT2D eigenvalue weighted by atomic mass is 10.2. The Morgan fingerprint density at radius 3 is 2.65 bits per heavy atom. The lowest BCUT2D eigenvalue weighted by molar-refractivity contribution is -0.121. The van der Waals surface area contributed by atoms with Crippen molar-refractivity contribution in [2.45, 2.75) is 6.92 Å². The Morgan fingerprint density at radius 2 is 1.96 bits per heavy atom. The van der Waals surface area contributed by atoms with Crippen LogP contribution in [0.4, 0.5) is 5.69 Å². The fraction of sp³-hybridized carbons (Fsp3) is 0.125. The molecule has 0 aromatic heterocycles. The Balaban J connectivity index is 1.84. The highest BCUT2D eigenvalue weighted by Crippen LogP contribution is 2.22. The fourth-order valence-corrected chi connectivity index (χ4v) is 2.40. The highest BCUT2D eigenvalue weighted by atomic mass is 79.9. The van der Waals surface area contributed by atoms with Crippen molar-refractivity contribution in [1.82, 2.24) is 5.32 Å². The van der Waals surface area contributed by atoms with Crippen molar-refractivity contribution in [2.24, 2.45) is 0 Å². The largest absolute Gasteiger partial charge is 0.484 e. The van der Waals surface area contributed by atoms with E-state index in [9.17, 15) is 4.79 Å². The number of nitrogens with one attached hydrogen (secondary N) is 2. The number of carbonyl (C=O) groups is 1. The number of carbonyl (C=O) groups excluding carboxylic acids is 1. The van der Waals surface area contributed by atoms with E-state index in [4.69, 9.17) is 28.6 Å². The lowest BCUT2D eigenvalue weighted by Gasteiger charge is -2.12. The maximum atomic E-state index is 11.8. The molecule has 2 N–H and O–H groups in total. The van der Waals surface area contributed by atoms with Crippen LogP contribution in [0.15, 0.2) is 46.9 Å². The van der Waals surface area contributed by atoms with Crippen molar-refractivity contribution in [3.63, 3.8) is 0 Å². The number of anilines is 1. The van der Waals surface area contributed by atoms with Crippen LogP contribution in [0.5, 0.6) is 5.75 Å². The third-order valence-electron chi connectivity index (χ3n) is 2.95. The SMILES string of the molecule is Cc1c(Cl)cccc1NC(=S)NC(=O)COc1ccc(Br)cc1. The first kappa shape index (κ1) is 17.7. The summed E-state index contributed by atoms with van der Waals surface area (Å²) in [7, 11) is 0. The Bertz CT molecular complexity index is 723. The average Bonchev–Trinajstić information content (AvgIpc) is 2.51. The number of amides is 1. The normalized spacial score (nSPS) is 10.0. The van der Waals surface area contributed by atoms with Gasteiger partial charge in [-0.15, -0.1) is 0 Å². The Labute approximate surface area is 153 Å². The molecule has 4 nitrogen and oxygen atoms in total. The van der Waals surface area contributed by atoms with Crippen LogP contribution in [-0.4, -0.2) is 17.6 Å². The maximum Gasteiger partial charge on any atom is 0.264 e. The van der Waals surface area contributed by atoms with E-state index in [1.807, 2.05) is 25.1 Å². The summed E-state index contributed by atoms with van der Waals surface area (Å²) in [4.78, 5) is 11.8. The molecule has 2 aromatic carbocycles. The first-order chi connectivity index (χ1) is 11.0. The molecule has 0 bridgehead atoms. The van der Waals surface area contributed by atoms with Gasteiger partial charge in [0.1, 0.15) is 5.75 Å². The zero-order valence-corrected chi connectivity index (χ0v) is 15.4. The molecular weight excluding hydrogens is 400 g/mol. The summed E-state index contributed by atoms with van der Waals surface area (Å²) in [6, 6.07) is 12.6. The minimum absolute atomic E-state index is 0.127. The van der Waals surface area contributed by atoms with Gasteiger partial charge in [0.15, 0.2) is 11.7 Å². The highest BCUT2D eigenvalue weighted by molar-refractivity contribution is 9.10. The van der Waals surface area contributed by atoms with Gasteiger partial charge in [-0.3, -0.25) is 10.1 Å². The molecule has 0 aliphatic carbocycles. The number of thiocarbonyl (C=S) groups is 1. The van der Waals surface area contributed by atoms with Gasteiger partial charge in [0.05, 0.1) is 0 Å². The number of hydrogen-bond acceptors (Lipinski definition) is 3. The van der Waals surface area contributed by atoms with Crippen molar-refractivity contribution in [2.75, 3.05) is 11.9 Å². The molecule has 0 fully saturated rings. The van der Waals surface area contributed by atoms with Gasteiger partial charge in [0, 0.05) is 15.2 Å². The van der Waals surface area contributed by atoms with Crippen LogP contribution in [-0.2, 0) is 4.79 Å². The van der Waals surface area contributed by atoms with Crippen LogP contribution in [0, 0.1) is 6.92 Å². The van der Waals surface area contributed by atoms with Crippen molar-refractivity contribution in [3.05, 3.63) is 57.5 Å². The average molecular weight is 414 g/mol. The van der Waals surface area contributed by atoms with Gasteiger partial charge in [-0.25, -0.2) is 0 Å². The molecule has 0 aliphatic heterocycles. The zero-order valence-electron chi connectivity index (χ0n) is 12.2. The van der Waals surface area contributed by atoms with E-state index in [1.54, 1.807) is 24.3 Å². The summed E-state index contributed by atoms with van der Waals surface area (Å²) in [5, 5.41) is 6.32. The molecule has 0 saturated heterocycles. The van der Waals surface area contributed by atoms with Gasteiger partial charge in [-0.1, -0.05) is 33.6 Å². The second-order valence-electron chi connectivity index (χ2n) is 4.66. The highest BCUT2D eigenvalue weighted by Gasteiger charge is 2.08. The summed E-state index contributed by atoms with van der Waals surface area (Å²) in [5.74, 6) is 0.262. The maximum absolute atomic E-state index is 11.8. The molecule has 7 heteroatoms. The van der Waals surface area contributed by atoms with E-state index >= 15 is 0 Å².